The van der Waals surface area contributed by atoms with Crippen molar-refractivity contribution >= 4 is 40.8 Å². The first-order chi connectivity index (χ1) is 16.3. The number of hydrogen-bond donors (Lipinski definition) is 0. The van der Waals surface area contributed by atoms with Gasteiger partial charge in [-0.15, -0.1) is 11.8 Å². The van der Waals surface area contributed by atoms with Gasteiger partial charge in [0, 0.05) is 24.7 Å². The molecule has 4 rings (SSSR count). The number of thioether (sulfide) groups is 1. The van der Waals surface area contributed by atoms with Crippen LogP contribution in [0.15, 0.2) is 74.5 Å². The van der Waals surface area contributed by atoms with E-state index in [1.54, 1.807) is 30.2 Å². The van der Waals surface area contributed by atoms with Crippen molar-refractivity contribution in [2.45, 2.75) is 24.8 Å². The first kappa shape index (κ1) is 24.0. The van der Waals surface area contributed by atoms with Gasteiger partial charge >= 0.3 is 5.97 Å². The van der Waals surface area contributed by atoms with Crippen molar-refractivity contribution in [2.24, 2.45) is 4.99 Å². The topological polar surface area (TPSA) is 63.9 Å². The van der Waals surface area contributed by atoms with Crippen molar-refractivity contribution in [1.29, 1.82) is 0 Å². The number of fused-ring (bicyclic) bond motifs is 1. The highest BCUT2D eigenvalue weighted by Gasteiger charge is 2.33. The number of carbonyl (C=O) groups is 1. The molecule has 6 nitrogen and oxygen atoms in total. The third-order valence-corrected chi connectivity index (χ3v) is 7.38. The third kappa shape index (κ3) is 4.60. The summed E-state index contributed by atoms with van der Waals surface area (Å²) >= 11 is 2.97. The highest BCUT2D eigenvalue weighted by molar-refractivity contribution is 7.98. The molecule has 0 bridgehead atoms. The van der Waals surface area contributed by atoms with Crippen molar-refractivity contribution in [3.63, 3.8) is 0 Å². The summed E-state index contributed by atoms with van der Waals surface area (Å²) in [5, 5.41) is 0. The van der Waals surface area contributed by atoms with Crippen molar-refractivity contribution in [3.8, 4) is 0 Å². The Morgan fingerprint density at radius 3 is 2.44 bits per heavy atom. The summed E-state index contributed by atoms with van der Waals surface area (Å²) in [6, 6.07) is 15.3. The number of carbonyl (C=O) groups excluding carboxylic acids is 1. The van der Waals surface area contributed by atoms with Crippen LogP contribution in [0.2, 0.25) is 0 Å². The zero-order valence-electron chi connectivity index (χ0n) is 19.9. The van der Waals surface area contributed by atoms with Crippen LogP contribution in [0.1, 0.15) is 31.0 Å². The van der Waals surface area contributed by atoms with Gasteiger partial charge in [-0.1, -0.05) is 35.6 Å². The molecule has 1 aliphatic rings. The molecule has 1 aliphatic heterocycles. The van der Waals surface area contributed by atoms with Gasteiger partial charge in [0.25, 0.3) is 5.56 Å². The van der Waals surface area contributed by atoms with E-state index < -0.39 is 12.0 Å². The number of allylic oxidation sites excluding steroid dienone is 1. The molecule has 1 atom stereocenters. The van der Waals surface area contributed by atoms with Gasteiger partial charge in [0.05, 0.1) is 28.5 Å². The van der Waals surface area contributed by atoms with Gasteiger partial charge in [0.15, 0.2) is 4.80 Å². The fourth-order valence-corrected chi connectivity index (χ4v) is 5.37. The van der Waals surface area contributed by atoms with Crippen molar-refractivity contribution in [1.82, 2.24) is 4.57 Å². The van der Waals surface area contributed by atoms with Gasteiger partial charge in [0.1, 0.15) is 0 Å². The Morgan fingerprint density at radius 1 is 1.18 bits per heavy atom. The first-order valence-electron chi connectivity index (χ1n) is 10.9. The summed E-state index contributed by atoms with van der Waals surface area (Å²) in [5.41, 5.74) is 3.65. The monoisotopic (exact) mass is 493 g/mol. The molecule has 0 saturated carbocycles. The molecule has 34 heavy (non-hydrogen) atoms. The Balaban J connectivity index is 1.89. The molecule has 3 aromatic rings. The third-order valence-electron chi connectivity index (χ3n) is 5.66. The number of esters is 1. The average molecular weight is 494 g/mol. The predicted octanol–water partition coefficient (Wildman–Crippen LogP) is 3.59. The number of aromatic nitrogens is 1. The van der Waals surface area contributed by atoms with Crippen molar-refractivity contribution < 1.29 is 9.53 Å². The average Bonchev–Trinajstić information content (AvgIpc) is 3.13. The van der Waals surface area contributed by atoms with Crippen LogP contribution in [-0.2, 0) is 9.53 Å². The number of nitrogens with zero attached hydrogens (tertiary/aromatic N) is 3. The molecule has 0 spiro atoms. The number of hydrogen-bond acceptors (Lipinski definition) is 7. The van der Waals surface area contributed by atoms with Crippen LogP contribution in [0.5, 0.6) is 0 Å². The molecule has 0 fully saturated rings. The zero-order chi connectivity index (χ0) is 24.4. The Morgan fingerprint density at radius 2 is 1.85 bits per heavy atom. The highest BCUT2D eigenvalue weighted by Crippen LogP contribution is 2.31. The lowest BCUT2D eigenvalue weighted by atomic mass is 9.96. The molecule has 0 aliphatic carbocycles. The predicted molar refractivity (Wildman–Crippen MR) is 139 cm³/mol. The number of anilines is 1. The van der Waals surface area contributed by atoms with Crippen LogP contribution in [0.25, 0.3) is 6.08 Å². The summed E-state index contributed by atoms with van der Waals surface area (Å²) in [5.74, 6) is -0.448. The van der Waals surface area contributed by atoms with E-state index in [9.17, 15) is 9.59 Å². The summed E-state index contributed by atoms with van der Waals surface area (Å²) in [4.78, 5) is 34.9. The van der Waals surface area contributed by atoms with E-state index in [0.717, 1.165) is 21.7 Å². The zero-order valence-corrected chi connectivity index (χ0v) is 21.5. The van der Waals surface area contributed by atoms with Gasteiger partial charge < -0.3 is 9.64 Å². The molecule has 0 radical (unpaired) electrons. The minimum absolute atomic E-state index is 0.173. The summed E-state index contributed by atoms with van der Waals surface area (Å²) in [6.07, 6.45) is 3.89. The maximum Gasteiger partial charge on any atom is 0.338 e. The van der Waals surface area contributed by atoms with Crippen LogP contribution < -0.4 is 19.8 Å². The first-order valence-corrected chi connectivity index (χ1v) is 13.0. The number of benzene rings is 2. The molecule has 0 N–H and O–H groups in total. The van der Waals surface area contributed by atoms with Crippen LogP contribution >= 0.6 is 23.1 Å². The molecule has 2 aromatic carbocycles. The molecule has 0 amide bonds. The van der Waals surface area contributed by atoms with Gasteiger partial charge in [-0.05, 0) is 61.6 Å². The van der Waals surface area contributed by atoms with Crippen LogP contribution in [-0.4, -0.2) is 37.5 Å². The lowest BCUT2D eigenvalue weighted by molar-refractivity contribution is -0.139. The molecule has 1 aromatic heterocycles. The van der Waals surface area contributed by atoms with E-state index in [0.29, 0.717) is 20.6 Å². The lowest BCUT2D eigenvalue weighted by Crippen LogP contribution is -2.39. The standard InChI is InChI=1S/C26H27N3O3S2/c1-6-32-25(31)22-16(2)27-26-29(23(22)18-9-13-20(33-5)14-10-18)24(30)21(34-26)15-17-7-11-19(12-8-17)28(3)4/h7-15,23H,6H2,1-5H3. The SMILES string of the molecule is CCOC(=O)C1=C(C)N=c2sc(=Cc3ccc(N(C)C)cc3)c(=O)n2C1c1ccc(SC)cc1. The Hall–Kier alpha value is -3.10. The van der Waals surface area contributed by atoms with Crippen molar-refractivity contribution in [2.75, 3.05) is 31.9 Å². The second-order valence-corrected chi connectivity index (χ2v) is 9.95. The van der Waals surface area contributed by atoms with E-state index in [-0.39, 0.29) is 12.2 Å². The Labute approximate surface area is 206 Å². The smallest absolute Gasteiger partial charge is 0.338 e. The van der Waals surface area contributed by atoms with E-state index in [4.69, 9.17) is 4.74 Å². The van der Waals surface area contributed by atoms with Gasteiger partial charge in [-0.25, -0.2) is 9.79 Å². The highest BCUT2D eigenvalue weighted by atomic mass is 32.2. The minimum atomic E-state index is -0.593. The number of rotatable bonds is 6. The van der Waals surface area contributed by atoms with Crippen LogP contribution in [0.3, 0.4) is 0 Å². The molecule has 176 valence electrons. The van der Waals surface area contributed by atoms with Gasteiger partial charge in [-0.3, -0.25) is 9.36 Å². The molecule has 8 heteroatoms. The molecule has 2 heterocycles. The number of ether oxygens (including phenoxy) is 1. The molecular weight excluding hydrogens is 466 g/mol. The Bertz CT molecular complexity index is 1420. The van der Waals surface area contributed by atoms with Gasteiger partial charge in [-0.2, -0.15) is 0 Å². The summed E-state index contributed by atoms with van der Waals surface area (Å²) in [7, 11) is 3.98. The lowest BCUT2D eigenvalue weighted by Gasteiger charge is -2.24. The quantitative estimate of drug-likeness (QED) is 0.388. The van der Waals surface area contributed by atoms with Crippen LogP contribution in [0.4, 0.5) is 5.69 Å². The maximum atomic E-state index is 13.6. The van der Waals surface area contributed by atoms with E-state index in [1.807, 2.05) is 79.9 Å². The second kappa shape index (κ2) is 10.0. The van der Waals surface area contributed by atoms with E-state index >= 15 is 0 Å². The van der Waals surface area contributed by atoms with Gasteiger partial charge in [0.2, 0.25) is 0 Å². The van der Waals surface area contributed by atoms with Crippen molar-refractivity contribution in [3.05, 3.63) is 90.6 Å². The largest absolute Gasteiger partial charge is 0.463 e. The maximum absolute atomic E-state index is 13.6. The van der Waals surface area contributed by atoms with Crippen LogP contribution in [0, 0.1) is 0 Å². The Kier molecular flexibility index (Phi) is 7.09. The fourth-order valence-electron chi connectivity index (χ4n) is 3.91. The molecule has 0 saturated heterocycles. The summed E-state index contributed by atoms with van der Waals surface area (Å²) in [6.45, 7) is 3.82. The summed E-state index contributed by atoms with van der Waals surface area (Å²) < 4.78 is 7.54. The van der Waals surface area contributed by atoms with E-state index in [2.05, 4.69) is 4.99 Å². The minimum Gasteiger partial charge on any atom is -0.463 e. The molecule has 1 unspecified atom stereocenters. The second-order valence-electron chi connectivity index (χ2n) is 8.06. The normalized spacial score (nSPS) is 15.7. The fraction of sp³-hybridized carbons (Fsp3) is 0.269. The molecular formula is C26H27N3O3S2. The van der Waals surface area contributed by atoms with E-state index in [1.165, 1.54) is 11.3 Å². The number of thiazole rings is 1.